The van der Waals surface area contributed by atoms with Crippen LogP contribution < -0.4 is 5.73 Å². The minimum atomic E-state index is -0.860. The number of hydrogen-bond acceptors (Lipinski definition) is 2. The molecule has 0 saturated heterocycles. The Morgan fingerprint density at radius 2 is 2.08 bits per heavy atom. The first kappa shape index (κ1) is 9.09. The second-order valence-corrected chi connectivity index (χ2v) is 2.45. The van der Waals surface area contributed by atoms with E-state index >= 15 is 0 Å². The molecule has 0 saturated carbocycles. The van der Waals surface area contributed by atoms with Crippen molar-refractivity contribution in [1.82, 2.24) is 0 Å². The highest BCUT2D eigenvalue weighted by atomic mass is 19.1. The van der Waals surface area contributed by atoms with Crippen LogP contribution in [-0.4, -0.2) is 11.7 Å². The molecule has 1 rings (SSSR count). The van der Waals surface area contributed by atoms with Crippen LogP contribution in [0.4, 0.5) is 8.78 Å². The van der Waals surface area contributed by atoms with Crippen molar-refractivity contribution in [3.8, 4) is 0 Å². The fourth-order valence-corrected chi connectivity index (χ4v) is 0.897. The van der Waals surface area contributed by atoms with Gasteiger partial charge in [-0.3, -0.25) is 0 Å². The third-order valence-electron chi connectivity index (χ3n) is 1.55. The maximum Gasteiger partial charge on any atom is 0.128 e. The van der Waals surface area contributed by atoms with Gasteiger partial charge in [-0.05, 0) is 18.2 Å². The van der Waals surface area contributed by atoms with E-state index in [2.05, 4.69) is 0 Å². The first-order valence-corrected chi connectivity index (χ1v) is 3.46. The molecule has 3 N–H and O–H groups in total. The highest BCUT2D eigenvalue weighted by Crippen LogP contribution is 2.15. The van der Waals surface area contributed by atoms with Gasteiger partial charge >= 0.3 is 0 Å². The van der Waals surface area contributed by atoms with E-state index in [0.29, 0.717) is 0 Å². The molecule has 0 fully saturated rings. The zero-order valence-corrected chi connectivity index (χ0v) is 6.30. The van der Waals surface area contributed by atoms with Crippen molar-refractivity contribution in [2.75, 3.05) is 6.61 Å². The van der Waals surface area contributed by atoms with Gasteiger partial charge in [0.05, 0.1) is 12.6 Å². The van der Waals surface area contributed by atoms with Gasteiger partial charge in [0.25, 0.3) is 0 Å². The molecule has 0 aromatic heterocycles. The Balaban J connectivity index is 3.04. The van der Waals surface area contributed by atoms with Gasteiger partial charge < -0.3 is 10.8 Å². The summed E-state index contributed by atoms with van der Waals surface area (Å²) in [5, 5.41) is 8.59. The summed E-state index contributed by atoms with van der Waals surface area (Å²) in [4.78, 5) is 0. The summed E-state index contributed by atoms with van der Waals surface area (Å²) in [6.45, 7) is -0.402. The highest BCUT2D eigenvalue weighted by Gasteiger charge is 2.10. The molecule has 0 heterocycles. The lowest BCUT2D eigenvalue weighted by atomic mass is 10.1. The van der Waals surface area contributed by atoms with Gasteiger partial charge in [-0.15, -0.1) is 0 Å². The van der Waals surface area contributed by atoms with E-state index in [-0.39, 0.29) is 5.56 Å². The zero-order valence-electron chi connectivity index (χ0n) is 6.30. The summed E-state index contributed by atoms with van der Waals surface area (Å²) in [6.07, 6.45) is 0. The number of aliphatic hydroxyl groups is 1. The number of halogens is 2. The van der Waals surface area contributed by atoms with Crippen molar-refractivity contribution in [2.24, 2.45) is 5.73 Å². The molecule has 12 heavy (non-hydrogen) atoms. The van der Waals surface area contributed by atoms with E-state index in [1.54, 1.807) is 0 Å². The monoisotopic (exact) mass is 173 g/mol. The zero-order chi connectivity index (χ0) is 9.14. The third-order valence-corrected chi connectivity index (χ3v) is 1.55. The molecule has 0 unspecified atom stereocenters. The third kappa shape index (κ3) is 1.78. The second kappa shape index (κ2) is 3.60. The predicted molar refractivity (Wildman–Crippen MR) is 40.4 cm³/mol. The Morgan fingerprint density at radius 3 is 2.67 bits per heavy atom. The van der Waals surface area contributed by atoms with Crippen LogP contribution in [0.25, 0.3) is 0 Å². The SMILES string of the molecule is N[C@@H](CO)c1cc(F)ccc1F. The van der Waals surface area contributed by atoms with Gasteiger partial charge in [0.15, 0.2) is 0 Å². The summed E-state index contributed by atoms with van der Waals surface area (Å²) in [5.74, 6) is -1.16. The van der Waals surface area contributed by atoms with Crippen LogP contribution in [0.2, 0.25) is 0 Å². The maximum absolute atomic E-state index is 12.8. The van der Waals surface area contributed by atoms with Crippen molar-refractivity contribution in [3.05, 3.63) is 35.4 Å². The van der Waals surface area contributed by atoms with E-state index in [1.165, 1.54) is 0 Å². The average Bonchev–Trinajstić information content (AvgIpc) is 2.08. The van der Waals surface area contributed by atoms with Gasteiger partial charge in [-0.25, -0.2) is 8.78 Å². The molecule has 0 radical (unpaired) electrons. The largest absolute Gasteiger partial charge is 0.394 e. The number of aliphatic hydroxyl groups excluding tert-OH is 1. The lowest BCUT2D eigenvalue weighted by Crippen LogP contribution is -2.16. The molecule has 1 atom stereocenters. The summed E-state index contributed by atoms with van der Waals surface area (Å²) >= 11 is 0. The van der Waals surface area contributed by atoms with Crippen molar-refractivity contribution >= 4 is 0 Å². The molecular weight excluding hydrogens is 164 g/mol. The summed E-state index contributed by atoms with van der Waals surface area (Å²) < 4.78 is 25.4. The molecule has 0 spiro atoms. The molecule has 1 aromatic rings. The highest BCUT2D eigenvalue weighted by molar-refractivity contribution is 5.21. The van der Waals surface area contributed by atoms with Crippen molar-refractivity contribution in [2.45, 2.75) is 6.04 Å². The molecule has 0 bridgehead atoms. The van der Waals surface area contributed by atoms with Gasteiger partial charge in [-0.1, -0.05) is 0 Å². The molecule has 0 amide bonds. The Kier molecular flexibility index (Phi) is 2.73. The van der Waals surface area contributed by atoms with Gasteiger partial charge in [-0.2, -0.15) is 0 Å². The van der Waals surface area contributed by atoms with Gasteiger partial charge in [0.1, 0.15) is 11.6 Å². The standard InChI is InChI=1S/C8H9F2NO/c9-5-1-2-7(10)6(3-5)8(11)4-12/h1-3,8,12H,4,11H2/t8-/m0/s1. The first-order valence-electron chi connectivity index (χ1n) is 3.46. The van der Waals surface area contributed by atoms with Crippen LogP contribution in [0.15, 0.2) is 18.2 Å². The molecule has 2 nitrogen and oxygen atoms in total. The summed E-state index contributed by atoms with van der Waals surface area (Å²) in [6, 6.07) is 2.11. The molecule has 0 aliphatic rings. The Labute approximate surface area is 68.6 Å². The van der Waals surface area contributed by atoms with Gasteiger partial charge in [0.2, 0.25) is 0 Å². The van der Waals surface area contributed by atoms with Crippen LogP contribution in [0.1, 0.15) is 11.6 Å². The Bertz CT molecular complexity index is 278. The second-order valence-electron chi connectivity index (χ2n) is 2.45. The minimum absolute atomic E-state index is 0.00231. The summed E-state index contributed by atoms with van der Waals surface area (Å²) in [5.41, 5.74) is 5.30. The van der Waals surface area contributed by atoms with E-state index in [4.69, 9.17) is 10.8 Å². The number of hydrogen-bond donors (Lipinski definition) is 2. The van der Waals surface area contributed by atoms with E-state index in [9.17, 15) is 8.78 Å². The Morgan fingerprint density at radius 1 is 1.42 bits per heavy atom. The molecule has 0 aliphatic carbocycles. The van der Waals surface area contributed by atoms with Crippen molar-refractivity contribution in [3.63, 3.8) is 0 Å². The van der Waals surface area contributed by atoms with Crippen LogP contribution in [0.3, 0.4) is 0 Å². The van der Waals surface area contributed by atoms with Crippen molar-refractivity contribution < 1.29 is 13.9 Å². The lowest BCUT2D eigenvalue weighted by Gasteiger charge is -2.08. The normalized spacial score (nSPS) is 13.0. The Hall–Kier alpha value is -1.00. The first-order chi connectivity index (χ1) is 5.65. The van der Waals surface area contributed by atoms with E-state index in [0.717, 1.165) is 18.2 Å². The lowest BCUT2D eigenvalue weighted by molar-refractivity contribution is 0.265. The smallest absolute Gasteiger partial charge is 0.128 e. The molecule has 0 aliphatic heterocycles. The van der Waals surface area contributed by atoms with Crippen LogP contribution in [-0.2, 0) is 0 Å². The van der Waals surface area contributed by atoms with Crippen LogP contribution in [0.5, 0.6) is 0 Å². The number of nitrogens with two attached hydrogens (primary N) is 1. The molecule has 1 aromatic carbocycles. The molecule has 4 heteroatoms. The quantitative estimate of drug-likeness (QED) is 0.699. The predicted octanol–water partition coefficient (Wildman–Crippen LogP) is 0.957. The topological polar surface area (TPSA) is 46.2 Å². The fraction of sp³-hybridized carbons (Fsp3) is 0.250. The number of benzene rings is 1. The van der Waals surface area contributed by atoms with Crippen LogP contribution in [0, 0.1) is 11.6 Å². The maximum atomic E-state index is 12.8. The molecular formula is C8H9F2NO. The molecule has 66 valence electrons. The minimum Gasteiger partial charge on any atom is -0.394 e. The van der Waals surface area contributed by atoms with E-state index < -0.39 is 24.3 Å². The van der Waals surface area contributed by atoms with E-state index in [1.807, 2.05) is 0 Å². The van der Waals surface area contributed by atoms with Crippen molar-refractivity contribution in [1.29, 1.82) is 0 Å². The number of rotatable bonds is 2. The summed E-state index contributed by atoms with van der Waals surface area (Å²) in [7, 11) is 0. The van der Waals surface area contributed by atoms with Gasteiger partial charge in [0, 0.05) is 5.56 Å². The fourth-order valence-electron chi connectivity index (χ4n) is 0.897. The van der Waals surface area contributed by atoms with Crippen LogP contribution >= 0.6 is 0 Å². The average molecular weight is 173 g/mol.